The maximum Gasteiger partial charge on any atom is 0.0833 e. The molecule has 0 saturated carbocycles. The molecule has 1 aromatic rings. The first-order valence-electron chi connectivity index (χ1n) is 5.16. The van der Waals surface area contributed by atoms with Crippen LogP contribution >= 0.6 is 0 Å². The van der Waals surface area contributed by atoms with Gasteiger partial charge in [0.05, 0.1) is 6.10 Å². The highest BCUT2D eigenvalue weighted by Gasteiger charge is 2.22. The van der Waals surface area contributed by atoms with Crippen LogP contribution in [-0.2, 0) is 0 Å². The summed E-state index contributed by atoms with van der Waals surface area (Å²) in [6.07, 6.45) is 5.25. The maximum absolute atomic E-state index is 10.1. The van der Waals surface area contributed by atoms with E-state index in [1.165, 1.54) is 0 Å². The average Bonchev–Trinajstić information content (AvgIpc) is 2.30. The topological polar surface area (TPSA) is 45.2 Å². The van der Waals surface area contributed by atoms with E-state index < -0.39 is 0 Å². The van der Waals surface area contributed by atoms with Gasteiger partial charge in [-0.2, -0.15) is 0 Å². The highest BCUT2D eigenvalue weighted by Crippen LogP contribution is 2.27. The minimum Gasteiger partial charge on any atom is -0.388 e. The van der Waals surface area contributed by atoms with Gasteiger partial charge >= 0.3 is 0 Å². The quantitative estimate of drug-likeness (QED) is 0.738. The summed E-state index contributed by atoms with van der Waals surface area (Å²) >= 11 is 0. The smallest absolute Gasteiger partial charge is 0.0833 e. The van der Waals surface area contributed by atoms with E-state index in [1.54, 1.807) is 12.4 Å². The summed E-state index contributed by atoms with van der Waals surface area (Å²) in [5.74, 6) is 0.389. The van der Waals surface area contributed by atoms with Crippen LogP contribution in [0.5, 0.6) is 0 Å². The number of piperidine rings is 1. The molecule has 2 heterocycles. The van der Waals surface area contributed by atoms with Gasteiger partial charge in [0.2, 0.25) is 0 Å². The Hall–Kier alpha value is -0.930. The van der Waals surface area contributed by atoms with Gasteiger partial charge in [0.25, 0.3) is 0 Å². The molecular weight excluding hydrogens is 176 g/mol. The second-order valence-electron chi connectivity index (χ2n) is 3.82. The van der Waals surface area contributed by atoms with E-state index in [9.17, 15) is 5.11 Å². The van der Waals surface area contributed by atoms with Crippen molar-refractivity contribution in [2.45, 2.75) is 18.9 Å². The molecule has 76 valence electrons. The molecule has 2 N–H and O–H groups in total. The highest BCUT2D eigenvalue weighted by atomic mass is 16.3. The Labute approximate surface area is 84.2 Å². The van der Waals surface area contributed by atoms with Crippen LogP contribution in [-0.4, -0.2) is 23.2 Å². The highest BCUT2D eigenvalue weighted by molar-refractivity contribution is 5.12. The van der Waals surface area contributed by atoms with Gasteiger partial charge in [-0.1, -0.05) is 6.07 Å². The number of rotatable bonds is 2. The van der Waals surface area contributed by atoms with Gasteiger partial charge in [0, 0.05) is 12.4 Å². The Morgan fingerprint density at radius 3 is 2.86 bits per heavy atom. The summed E-state index contributed by atoms with van der Waals surface area (Å²) in [5, 5.41) is 13.4. The fraction of sp³-hybridized carbons (Fsp3) is 0.545. The number of aromatic nitrogens is 1. The lowest BCUT2D eigenvalue weighted by molar-refractivity contribution is 0.0886. The van der Waals surface area contributed by atoms with Crippen LogP contribution in [0.3, 0.4) is 0 Å². The second-order valence-corrected chi connectivity index (χ2v) is 3.82. The van der Waals surface area contributed by atoms with Crippen molar-refractivity contribution in [3.8, 4) is 0 Å². The molecule has 1 aromatic heterocycles. The van der Waals surface area contributed by atoms with Crippen molar-refractivity contribution in [2.75, 3.05) is 13.1 Å². The minimum absolute atomic E-state index is 0.342. The normalized spacial score (nSPS) is 20.6. The Morgan fingerprint density at radius 2 is 2.21 bits per heavy atom. The fourth-order valence-corrected chi connectivity index (χ4v) is 1.98. The Morgan fingerprint density at radius 1 is 1.43 bits per heavy atom. The van der Waals surface area contributed by atoms with Gasteiger partial charge in [0.1, 0.15) is 0 Å². The van der Waals surface area contributed by atoms with Crippen LogP contribution in [0, 0.1) is 5.92 Å². The van der Waals surface area contributed by atoms with E-state index in [-0.39, 0.29) is 6.10 Å². The maximum atomic E-state index is 10.1. The molecule has 1 saturated heterocycles. The van der Waals surface area contributed by atoms with E-state index in [0.717, 1.165) is 31.5 Å². The van der Waals surface area contributed by atoms with Crippen molar-refractivity contribution in [3.05, 3.63) is 30.1 Å². The Balaban J connectivity index is 2.03. The Kier molecular flexibility index (Phi) is 3.11. The molecule has 0 aromatic carbocycles. The number of hydrogen-bond acceptors (Lipinski definition) is 3. The summed E-state index contributed by atoms with van der Waals surface area (Å²) in [7, 11) is 0. The number of aliphatic hydroxyl groups excluding tert-OH is 1. The monoisotopic (exact) mass is 192 g/mol. The van der Waals surface area contributed by atoms with E-state index in [1.807, 2.05) is 12.1 Å². The second kappa shape index (κ2) is 4.53. The van der Waals surface area contributed by atoms with Crippen LogP contribution in [0.15, 0.2) is 24.5 Å². The molecule has 2 rings (SSSR count). The molecule has 1 aliphatic heterocycles. The molecule has 0 unspecified atom stereocenters. The van der Waals surface area contributed by atoms with E-state index >= 15 is 0 Å². The molecule has 0 aliphatic carbocycles. The zero-order valence-corrected chi connectivity index (χ0v) is 8.19. The zero-order valence-electron chi connectivity index (χ0n) is 8.19. The van der Waals surface area contributed by atoms with Crippen LogP contribution in [0.25, 0.3) is 0 Å². The number of hydrogen-bond donors (Lipinski definition) is 2. The van der Waals surface area contributed by atoms with Crippen molar-refractivity contribution >= 4 is 0 Å². The molecule has 3 heteroatoms. The number of aliphatic hydroxyl groups is 1. The fourth-order valence-electron chi connectivity index (χ4n) is 1.98. The molecule has 1 fully saturated rings. The first-order valence-corrected chi connectivity index (χ1v) is 5.16. The van der Waals surface area contributed by atoms with E-state index in [2.05, 4.69) is 10.3 Å². The molecule has 0 bridgehead atoms. The lowest BCUT2D eigenvalue weighted by Gasteiger charge is -2.27. The SMILES string of the molecule is O[C@@H](c1cccnc1)C1CCNCC1. The van der Waals surface area contributed by atoms with Gasteiger partial charge in [-0.25, -0.2) is 0 Å². The number of nitrogens with zero attached hydrogens (tertiary/aromatic N) is 1. The average molecular weight is 192 g/mol. The van der Waals surface area contributed by atoms with Crippen molar-refractivity contribution in [1.29, 1.82) is 0 Å². The number of nitrogens with one attached hydrogen (secondary N) is 1. The van der Waals surface area contributed by atoms with Gasteiger partial charge in [-0.3, -0.25) is 4.98 Å². The molecule has 1 atom stereocenters. The molecule has 0 amide bonds. The summed E-state index contributed by atoms with van der Waals surface area (Å²) < 4.78 is 0. The third kappa shape index (κ3) is 2.11. The van der Waals surface area contributed by atoms with Crippen LogP contribution < -0.4 is 5.32 Å². The largest absolute Gasteiger partial charge is 0.388 e. The lowest BCUT2D eigenvalue weighted by atomic mass is 9.89. The summed E-state index contributed by atoms with van der Waals surface area (Å²) in [5.41, 5.74) is 0.944. The van der Waals surface area contributed by atoms with E-state index in [0.29, 0.717) is 5.92 Å². The minimum atomic E-state index is -0.342. The zero-order chi connectivity index (χ0) is 9.80. The number of pyridine rings is 1. The summed E-state index contributed by atoms with van der Waals surface area (Å²) in [6, 6.07) is 3.82. The van der Waals surface area contributed by atoms with Crippen LogP contribution in [0.4, 0.5) is 0 Å². The summed E-state index contributed by atoms with van der Waals surface area (Å²) in [6.45, 7) is 2.03. The summed E-state index contributed by atoms with van der Waals surface area (Å²) in [4.78, 5) is 4.02. The predicted octanol–water partition coefficient (Wildman–Crippen LogP) is 1.11. The molecule has 0 spiro atoms. The van der Waals surface area contributed by atoms with Gasteiger partial charge in [-0.05, 0) is 43.5 Å². The standard InChI is InChI=1S/C11H16N2O/c14-11(9-3-6-12-7-4-9)10-2-1-5-13-8-10/h1-2,5,8-9,11-12,14H,3-4,6-7H2/t11-/m1/s1. The van der Waals surface area contributed by atoms with Crippen LogP contribution in [0.1, 0.15) is 24.5 Å². The molecular formula is C11H16N2O. The molecule has 1 aliphatic rings. The van der Waals surface area contributed by atoms with Crippen molar-refractivity contribution < 1.29 is 5.11 Å². The van der Waals surface area contributed by atoms with Gasteiger partial charge in [0.15, 0.2) is 0 Å². The third-order valence-corrected chi connectivity index (χ3v) is 2.86. The third-order valence-electron chi connectivity index (χ3n) is 2.86. The predicted molar refractivity (Wildman–Crippen MR) is 54.8 cm³/mol. The lowest BCUT2D eigenvalue weighted by Crippen LogP contribution is -2.30. The van der Waals surface area contributed by atoms with Gasteiger partial charge < -0.3 is 10.4 Å². The van der Waals surface area contributed by atoms with Crippen molar-refractivity contribution in [1.82, 2.24) is 10.3 Å². The first-order chi connectivity index (χ1) is 6.88. The van der Waals surface area contributed by atoms with Crippen molar-refractivity contribution in [2.24, 2.45) is 5.92 Å². The van der Waals surface area contributed by atoms with Crippen molar-refractivity contribution in [3.63, 3.8) is 0 Å². The van der Waals surface area contributed by atoms with Gasteiger partial charge in [-0.15, -0.1) is 0 Å². The Bertz CT molecular complexity index is 270. The molecule has 14 heavy (non-hydrogen) atoms. The molecule has 3 nitrogen and oxygen atoms in total. The first kappa shape index (κ1) is 9.62. The molecule has 0 radical (unpaired) electrons. The van der Waals surface area contributed by atoms with E-state index in [4.69, 9.17) is 0 Å². The van der Waals surface area contributed by atoms with Crippen LogP contribution in [0.2, 0.25) is 0 Å².